The van der Waals surface area contributed by atoms with Gasteiger partial charge in [0.25, 0.3) is 5.91 Å². The largest absolute Gasteiger partial charge is 0.334 e. The maximum absolute atomic E-state index is 12.7. The summed E-state index contributed by atoms with van der Waals surface area (Å²) < 4.78 is 1.76. The second-order valence-corrected chi connectivity index (χ2v) is 5.53. The molecule has 2 aromatic heterocycles. The van der Waals surface area contributed by atoms with Gasteiger partial charge in [-0.05, 0) is 30.9 Å². The Balaban J connectivity index is 0.00000121. The van der Waals surface area contributed by atoms with Crippen LogP contribution in [-0.4, -0.2) is 44.5 Å². The number of nitrogens with two attached hydrogens (primary N) is 1. The van der Waals surface area contributed by atoms with Gasteiger partial charge in [0.05, 0.1) is 5.56 Å². The van der Waals surface area contributed by atoms with Crippen molar-refractivity contribution < 1.29 is 4.79 Å². The number of nitrogens with zero attached hydrogens (tertiary/aromatic N) is 4. The van der Waals surface area contributed by atoms with Crippen molar-refractivity contribution in [2.45, 2.75) is 25.8 Å². The van der Waals surface area contributed by atoms with Crippen LogP contribution in [0.15, 0.2) is 24.7 Å². The summed E-state index contributed by atoms with van der Waals surface area (Å²) in [6.45, 7) is 3.51. The van der Waals surface area contributed by atoms with Crippen molar-refractivity contribution in [3.8, 4) is 0 Å². The maximum Gasteiger partial charge on any atom is 0.255 e. The van der Waals surface area contributed by atoms with E-state index >= 15 is 0 Å². The Hall–Kier alpha value is -1.37. The Morgan fingerprint density at radius 3 is 2.91 bits per heavy atom. The topological polar surface area (TPSA) is 76.5 Å². The number of likely N-dealkylation sites (tertiary alicyclic amines) is 1. The summed E-state index contributed by atoms with van der Waals surface area (Å²) in [4.78, 5) is 14.6. The van der Waals surface area contributed by atoms with Gasteiger partial charge < -0.3 is 10.6 Å². The van der Waals surface area contributed by atoms with E-state index in [0.717, 1.165) is 25.0 Å². The molecule has 1 fully saturated rings. The van der Waals surface area contributed by atoms with Crippen molar-refractivity contribution in [2.75, 3.05) is 13.1 Å². The quantitative estimate of drug-likeness (QED) is 0.899. The molecule has 22 heavy (non-hydrogen) atoms. The molecule has 3 rings (SSSR count). The zero-order chi connectivity index (χ0) is 14.1. The van der Waals surface area contributed by atoms with Crippen LogP contribution in [0.5, 0.6) is 0 Å². The van der Waals surface area contributed by atoms with Crippen molar-refractivity contribution in [3.05, 3.63) is 30.2 Å². The molecule has 8 heteroatoms. The number of carbonyl (C=O) groups excluding carboxylic acids is 1. The van der Waals surface area contributed by atoms with Gasteiger partial charge in [-0.1, -0.05) is 6.92 Å². The molecule has 0 aliphatic carbocycles. The molecule has 0 radical (unpaired) electrons. The Kier molecular flexibility index (Phi) is 6.59. The Labute approximate surface area is 141 Å². The SMILES string of the molecule is CC1CCN(C(=O)c2ccc3nncn3c2)C(CN)C1.Cl.Cl. The molecule has 2 unspecified atom stereocenters. The first-order chi connectivity index (χ1) is 9.69. The normalized spacial score (nSPS) is 21.1. The number of piperidine rings is 1. The molecule has 122 valence electrons. The third-order valence-corrected chi connectivity index (χ3v) is 4.05. The first-order valence-corrected chi connectivity index (χ1v) is 6.99. The lowest BCUT2D eigenvalue weighted by molar-refractivity contribution is 0.0573. The standard InChI is InChI=1S/C14H19N5O.2ClH/c1-10-4-5-19(12(6-10)7-15)14(20)11-2-3-13-17-16-9-18(13)8-11;;/h2-3,8-10,12H,4-7,15H2,1H3;2*1H. The van der Waals surface area contributed by atoms with E-state index in [-0.39, 0.29) is 36.8 Å². The van der Waals surface area contributed by atoms with Crippen molar-refractivity contribution in [1.82, 2.24) is 19.5 Å². The first-order valence-electron chi connectivity index (χ1n) is 6.99. The van der Waals surface area contributed by atoms with Crippen molar-refractivity contribution >= 4 is 36.4 Å². The van der Waals surface area contributed by atoms with Crippen LogP contribution >= 0.6 is 24.8 Å². The van der Waals surface area contributed by atoms with Crippen LogP contribution in [0.4, 0.5) is 0 Å². The molecule has 2 N–H and O–H groups in total. The molecule has 1 aliphatic heterocycles. The van der Waals surface area contributed by atoms with Crippen LogP contribution in [0.25, 0.3) is 5.65 Å². The molecule has 6 nitrogen and oxygen atoms in total. The lowest BCUT2D eigenvalue weighted by atomic mass is 9.92. The summed E-state index contributed by atoms with van der Waals surface area (Å²) in [6, 6.07) is 3.75. The Bertz CT molecular complexity index is 632. The van der Waals surface area contributed by atoms with Gasteiger partial charge in [0, 0.05) is 25.3 Å². The van der Waals surface area contributed by atoms with E-state index in [1.165, 1.54) is 0 Å². The molecule has 0 aromatic carbocycles. The van der Waals surface area contributed by atoms with Crippen molar-refractivity contribution in [2.24, 2.45) is 11.7 Å². The van der Waals surface area contributed by atoms with E-state index in [1.54, 1.807) is 23.0 Å². The van der Waals surface area contributed by atoms with Gasteiger partial charge in [0.1, 0.15) is 6.33 Å². The monoisotopic (exact) mass is 345 g/mol. The average Bonchev–Trinajstić information content (AvgIpc) is 2.93. The summed E-state index contributed by atoms with van der Waals surface area (Å²) in [5.74, 6) is 0.677. The van der Waals surface area contributed by atoms with Crippen LogP contribution in [0.1, 0.15) is 30.1 Å². The molecule has 0 bridgehead atoms. The molecule has 3 heterocycles. The summed E-state index contributed by atoms with van der Waals surface area (Å²) in [6.07, 6.45) is 5.41. The van der Waals surface area contributed by atoms with Gasteiger partial charge in [0.2, 0.25) is 0 Å². The number of rotatable bonds is 2. The van der Waals surface area contributed by atoms with Crippen LogP contribution < -0.4 is 5.73 Å². The molecule has 2 aromatic rings. The highest BCUT2D eigenvalue weighted by Gasteiger charge is 2.29. The number of fused-ring (bicyclic) bond motifs is 1. The number of hydrogen-bond donors (Lipinski definition) is 1. The first kappa shape index (κ1) is 18.7. The third-order valence-electron chi connectivity index (χ3n) is 4.05. The van der Waals surface area contributed by atoms with Crippen LogP contribution in [0.2, 0.25) is 0 Å². The highest BCUT2D eigenvalue weighted by atomic mass is 35.5. The molecule has 2 atom stereocenters. The lowest BCUT2D eigenvalue weighted by Gasteiger charge is -2.38. The van der Waals surface area contributed by atoms with Gasteiger partial charge >= 0.3 is 0 Å². The van der Waals surface area contributed by atoms with E-state index < -0.39 is 0 Å². The van der Waals surface area contributed by atoms with Gasteiger partial charge in [-0.15, -0.1) is 35.0 Å². The summed E-state index contributed by atoms with van der Waals surface area (Å²) >= 11 is 0. The minimum Gasteiger partial charge on any atom is -0.334 e. The highest BCUT2D eigenvalue weighted by Crippen LogP contribution is 2.23. The predicted molar refractivity (Wildman–Crippen MR) is 89.8 cm³/mol. The molecule has 0 spiro atoms. The van der Waals surface area contributed by atoms with E-state index in [0.29, 0.717) is 18.0 Å². The number of halogens is 2. The number of aromatic nitrogens is 3. The maximum atomic E-state index is 12.7. The highest BCUT2D eigenvalue weighted by molar-refractivity contribution is 5.94. The zero-order valence-electron chi connectivity index (χ0n) is 12.4. The smallest absolute Gasteiger partial charge is 0.255 e. The summed E-state index contributed by atoms with van der Waals surface area (Å²) in [7, 11) is 0. The molecule has 0 saturated carbocycles. The zero-order valence-corrected chi connectivity index (χ0v) is 14.0. The third kappa shape index (κ3) is 3.51. The predicted octanol–water partition coefficient (Wildman–Crippen LogP) is 1.77. The van der Waals surface area contributed by atoms with Gasteiger partial charge in [-0.2, -0.15) is 0 Å². The minimum atomic E-state index is 0. The van der Waals surface area contributed by atoms with E-state index in [4.69, 9.17) is 5.73 Å². The van der Waals surface area contributed by atoms with Crippen molar-refractivity contribution in [1.29, 1.82) is 0 Å². The van der Waals surface area contributed by atoms with Crippen LogP contribution in [-0.2, 0) is 0 Å². The fraction of sp³-hybridized carbons (Fsp3) is 0.500. The van der Waals surface area contributed by atoms with Gasteiger partial charge in [-0.25, -0.2) is 0 Å². The number of carbonyl (C=O) groups is 1. The second kappa shape index (κ2) is 7.76. The lowest BCUT2D eigenvalue weighted by Crippen LogP contribution is -2.49. The van der Waals surface area contributed by atoms with E-state index in [1.807, 2.05) is 11.0 Å². The molecular weight excluding hydrogens is 325 g/mol. The Morgan fingerprint density at radius 2 is 2.18 bits per heavy atom. The fourth-order valence-corrected chi connectivity index (χ4v) is 2.86. The van der Waals surface area contributed by atoms with Crippen LogP contribution in [0, 0.1) is 5.92 Å². The number of pyridine rings is 1. The van der Waals surface area contributed by atoms with Crippen LogP contribution in [0.3, 0.4) is 0 Å². The minimum absolute atomic E-state index is 0. The number of amides is 1. The summed E-state index contributed by atoms with van der Waals surface area (Å²) in [5, 5.41) is 7.76. The van der Waals surface area contributed by atoms with E-state index in [9.17, 15) is 4.79 Å². The Morgan fingerprint density at radius 1 is 1.41 bits per heavy atom. The molecule has 1 saturated heterocycles. The van der Waals surface area contributed by atoms with Gasteiger partial charge in [-0.3, -0.25) is 9.20 Å². The van der Waals surface area contributed by atoms with E-state index in [2.05, 4.69) is 17.1 Å². The fourth-order valence-electron chi connectivity index (χ4n) is 2.86. The van der Waals surface area contributed by atoms with Gasteiger partial charge in [0.15, 0.2) is 5.65 Å². The molecular formula is C14H21Cl2N5O. The van der Waals surface area contributed by atoms with Crippen molar-refractivity contribution in [3.63, 3.8) is 0 Å². The summed E-state index contributed by atoms with van der Waals surface area (Å²) in [5.41, 5.74) is 7.22. The average molecular weight is 346 g/mol. The second-order valence-electron chi connectivity index (χ2n) is 5.53. The molecule has 1 aliphatic rings. The number of hydrogen-bond acceptors (Lipinski definition) is 4. The molecule has 1 amide bonds.